The Hall–Kier alpha value is -2.30. The SMILES string of the molecule is COc1ccc(OC)c(-c2cc(=O)[nH]c(C3CC3)n2)c1. The minimum Gasteiger partial charge on any atom is -0.497 e. The highest BCUT2D eigenvalue weighted by Crippen LogP contribution is 2.39. The molecule has 1 aromatic carbocycles. The lowest BCUT2D eigenvalue weighted by molar-refractivity contribution is 0.404. The molecule has 1 saturated carbocycles. The largest absolute Gasteiger partial charge is 0.497 e. The van der Waals surface area contributed by atoms with Crippen molar-refractivity contribution in [2.45, 2.75) is 18.8 Å². The second-order valence-electron chi connectivity index (χ2n) is 4.86. The first-order chi connectivity index (χ1) is 9.71. The zero-order valence-electron chi connectivity index (χ0n) is 11.5. The maximum Gasteiger partial charge on any atom is 0.251 e. The van der Waals surface area contributed by atoms with Gasteiger partial charge in [-0.2, -0.15) is 0 Å². The highest BCUT2D eigenvalue weighted by Gasteiger charge is 2.26. The van der Waals surface area contributed by atoms with Gasteiger partial charge in [0.2, 0.25) is 0 Å². The molecule has 104 valence electrons. The second kappa shape index (κ2) is 5.00. The molecule has 2 aromatic rings. The van der Waals surface area contributed by atoms with Crippen molar-refractivity contribution >= 4 is 0 Å². The predicted molar refractivity (Wildman–Crippen MR) is 75.4 cm³/mol. The first kappa shape index (κ1) is 12.7. The lowest BCUT2D eigenvalue weighted by Gasteiger charge is -2.10. The fourth-order valence-electron chi connectivity index (χ4n) is 2.18. The molecule has 20 heavy (non-hydrogen) atoms. The minimum atomic E-state index is -0.137. The molecule has 1 fully saturated rings. The van der Waals surface area contributed by atoms with Gasteiger partial charge in [-0.25, -0.2) is 4.98 Å². The van der Waals surface area contributed by atoms with Gasteiger partial charge < -0.3 is 14.5 Å². The van der Waals surface area contributed by atoms with Crippen LogP contribution in [0.2, 0.25) is 0 Å². The molecule has 5 nitrogen and oxygen atoms in total. The third-order valence-corrected chi connectivity index (χ3v) is 3.41. The van der Waals surface area contributed by atoms with Crippen LogP contribution < -0.4 is 15.0 Å². The molecule has 1 aliphatic carbocycles. The lowest BCUT2D eigenvalue weighted by Crippen LogP contribution is -2.10. The number of H-pyrrole nitrogens is 1. The third kappa shape index (κ3) is 2.39. The quantitative estimate of drug-likeness (QED) is 0.927. The molecule has 1 heterocycles. The Morgan fingerprint density at radius 1 is 1.20 bits per heavy atom. The summed E-state index contributed by atoms with van der Waals surface area (Å²) in [6.45, 7) is 0. The molecule has 0 aliphatic heterocycles. The van der Waals surface area contributed by atoms with Crippen LogP contribution in [0.5, 0.6) is 11.5 Å². The average molecular weight is 272 g/mol. The molecule has 1 aromatic heterocycles. The highest BCUT2D eigenvalue weighted by atomic mass is 16.5. The van der Waals surface area contributed by atoms with E-state index in [0.29, 0.717) is 23.1 Å². The fourth-order valence-corrected chi connectivity index (χ4v) is 2.18. The van der Waals surface area contributed by atoms with Crippen molar-refractivity contribution in [2.24, 2.45) is 0 Å². The van der Waals surface area contributed by atoms with Crippen molar-refractivity contribution in [3.8, 4) is 22.8 Å². The Kier molecular flexibility index (Phi) is 3.18. The number of nitrogens with zero attached hydrogens (tertiary/aromatic N) is 1. The van der Waals surface area contributed by atoms with E-state index in [4.69, 9.17) is 9.47 Å². The summed E-state index contributed by atoms with van der Waals surface area (Å²) in [6, 6.07) is 6.95. The van der Waals surface area contributed by atoms with Gasteiger partial charge in [-0.1, -0.05) is 0 Å². The number of benzene rings is 1. The van der Waals surface area contributed by atoms with Crippen LogP contribution in [-0.4, -0.2) is 24.2 Å². The van der Waals surface area contributed by atoms with Crippen molar-refractivity contribution in [3.63, 3.8) is 0 Å². The van der Waals surface area contributed by atoms with Gasteiger partial charge >= 0.3 is 0 Å². The molecule has 0 unspecified atom stereocenters. The van der Waals surface area contributed by atoms with E-state index in [-0.39, 0.29) is 5.56 Å². The van der Waals surface area contributed by atoms with Crippen LogP contribution in [0.25, 0.3) is 11.3 Å². The van der Waals surface area contributed by atoms with Crippen molar-refractivity contribution < 1.29 is 9.47 Å². The monoisotopic (exact) mass is 272 g/mol. The van der Waals surface area contributed by atoms with Crippen LogP contribution in [0.1, 0.15) is 24.6 Å². The van der Waals surface area contributed by atoms with E-state index < -0.39 is 0 Å². The molecular weight excluding hydrogens is 256 g/mol. The first-order valence-corrected chi connectivity index (χ1v) is 6.55. The Bertz CT molecular complexity index is 690. The van der Waals surface area contributed by atoms with E-state index in [0.717, 1.165) is 24.2 Å². The van der Waals surface area contributed by atoms with E-state index in [1.165, 1.54) is 6.07 Å². The summed E-state index contributed by atoms with van der Waals surface area (Å²) < 4.78 is 10.6. The third-order valence-electron chi connectivity index (χ3n) is 3.41. The lowest BCUT2D eigenvalue weighted by atomic mass is 10.1. The molecule has 0 atom stereocenters. The maximum absolute atomic E-state index is 11.8. The zero-order valence-corrected chi connectivity index (χ0v) is 11.5. The number of aromatic nitrogens is 2. The van der Waals surface area contributed by atoms with Crippen molar-refractivity contribution in [2.75, 3.05) is 14.2 Å². The molecule has 0 radical (unpaired) electrons. The predicted octanol–water partition coefficient (Wildman–Crippen LogP) is 2.33. The van der Waals surface area contributed by atoms with E-state index in [2.05, 4.69) is 9.97 Å². The Morgan fingerprint density at radius 3 is 2.65 bits per heavy atom. The van der Waals surface area contributed by atoms with Gasteiger partial charge in [0.05, 0.1) is 19.9 Å². The standard InChI is InChI=1S/C15H16N2O3/c1-19-10-5-6-13(20-2)11(7-10)12-8-14(18)17-15(16-12)9-3-4-9/h5-9H,3-4H2,1-2H3,(H,16,17,18). The van der Waals surface area contributed by atoms with Gasteiger partial charge in [0, 0.05) is 17.5 Å². The number of rotatable bonds is 4. The summed E-state index contributed by atoms with van der Waals surface area (Å²) in [5, 5.41) is 0. The van der Waals surface area contributed by atoms with E-state index in [1.54, 1.807) is 14.2 Å². The van der Waals surface area contributed by atoms with Gasteiger partial charge in [0.25, 0.3) is 5.56 Å². The number of methoxy groups -OCH3 is 2. The van der Waals surface area contributed by atoms with Gasteiger partial charge in [-0.15, -0.1) is 0 Å². The summed E-state index contributed by atoms with van der Waals surface area (Å²) in [7, 11) is 3.20. The summed E-state index contributed by atoms with van der Waals surface area (Å²) in [4.78, 5) is 19.2. The molecule has 0 bridgehead atoms. The maximum atomic E-state index is 11.8. The molecular formula is C15H16N2O3. The van der Waals surface area contributed by atoms with Crippen molar-refractivity contribution in [1.29, 1.82) is 0 Å². The zero-order chi connectivity index (χ0) is 14.1. The average Bonchev–Trinajstić information content (AvgIpc) is 3.30. The van der Waals surface area contributed by atoms with Crippen LogP contribution in [0.15, 0.2) is 29.1 Å². The molecule has 1 aliphatic rings. The molecule has 1 N–H and O–H groups in total. The van der Waals surface area contributed by atoms with Crippen molar-refractivity contribution in [3.05, 3.63) is 40.4 Å². The Morgan fingerprint density at radius 2 is 2.00 bits per heavy atom. The van der Waals surface area contributed by atoms with Crippen LogP contribution >= 0.6 is 0 Å². The van der Waals surface area contributed by atoms with Crippen LogP contribution in [0.3, 0.4) is 0 Å². The molecule has 0 spiro atoms. The summed E-state index contributed by atoms with van der Waals surface area (Å²) in [6.07, 6.45) is 2.17. The minimum absolute atomic E-state index is 0.137. The number of hydrogen-bond donors (Lipinski definition) is 1. The van der Waals surface area contributed by atoms with Gasteiger partial charge in [-0.3, -0.25) is 4.79 Å². The fraction of sp³-hybridized carbons (Fsp3) is 0.333. The van der Waals surface area contributed by atoms with E-state index in [9.17, 15) is 4.79 Å². The summed E-state index contributed by atoms with van der Waals surface area (Å²) >= 11 is 0. The van der Waals surface area contributed by atoms with Crippen LogP contribution in [-0.2, 0) is 0 Å². The molecule has 3 rings (SSSR count). The second-order valence-corrected chi connectivity index (χ2v) is 4.86. The summed E-state index contributed by atoms with van der Waals surface area (Å²) in [5.41, 5.74) is 1.24. The number of aromatic amines is 1. The van der Waals surface area contributed by atoms with Gasteiger partial charge in [0.15, 0.2) is 0 Å². The number of nitrogens with one attached hydrogen (secondary N) is 1. The molecule has 5 heteroatoms. The van der Waals surface area contributed by atoms with Crippen molar-refractivity contribution in [1.82, 2.24) is 9.97 Å². The van der Waals surface area contributed by atoms with Crippen LogP contribution in [0, 0.1) is 0 Å². The number of hydrogen-bond acceptors (Lipinski definition) is 4. The Balaban J connectivity index is 2.13. The van der Waals surface area contributed by atoms with Gasteiger partial charge in [-0.05, 0) is 31.0 Å². The smallest absolute Gasteiger partial charge is 0.251 e. The van der Waals surface area contributed by atoms with Gasteiger partial charge in [0.1, 0.15) is 17.3 Å². The van der Waals surface area contributed by atoms with E-state index in [1.807, 2.05) is 18.2 Å². The topological polar surface area (TPSA) is 64.2 Å². The number of ether oxygens (including phenoxy) is 2. The molecule has 0 saturated heterocycles. The van der Waals surface area contributed by atoms with E-state index >= 15 is 0 Å². The normalized spacial score (nSPS) is 14.1. The molecule has 0 amide bonds. The Labute approximate surface area is 116 Å². The highest BCUT2D eigenvalue weighted by molar-refractivity contribution is 5.68. The first-order valence-electron chi connectivity index (χ1n) is 6.55. The summed E-state index contributed by atoms with van der Waals surface area (Å²) in [5.74, 6) is 2.53. The van der Waals surface area contributed by atoms with Crippen LogP contribution in [0.4, 0.5) is 0 Å².